The molecule has 0 amide bonds. The van der Waals surface area contributed by atoms with Gasteiger partial charge in [0.25, 0.3) is 0 Å². The molecule has 4 nitrogen and oxygen atoms in total. The Hall–Kier alpha value is -1.88. The number of nitrogens with one attached hydrogen (secondary N) is 1. The lowest BCUT2D eigenvalue weighted by Crippen LogP contribution is -2.08. The van der Waals surface area contributed by atoms with E-state index in [0.717, 1.165) is 29.6 Å². The smallest absolute Gasteiger partial charge is 0.167 e. The Kier molecular flexibility index (Phi) is 3.62. The fourth-order valence-electron chi connectivity index (χ4n) is 1.94. The zero-order valence-electron chi connectivity index (χ0n) is 10.5. The van der Waals surface area contributed by atoms with Crippen LogP contribution in [0.4, 0.5) is 10.1 Å². The Labute approximate surface area is 105 Å². The molecule has 1 aromatic carbocycles. The number of hydrogen-bond donors (Lipinski definition) is 2. The van der Waals surface area contributed by atoms with Crippen LogP contribution in [0.25, 0.3) is 10.9 Å². The average molecular weight is 249 g/mol. The van der Waals surface area contributed by atoms with Gasteiger partial charge < -0.3 is 10.2 Å². The molecule has 3 N–H and O–H groups in total. The highest BCUT2D eigenvalue weighted by atomic mass is 19.1. The number of hydrogen-bond acceptors (Lipinski definition) is 4. The number of fused-ring (bicyclic) bond motifs is 1. The van der Waals surface area contributed by atoms with Crippen LogP contribution in [0.5, 0.6) is 5.75 Å². The van der Waals surface area contributed by atoms with Gasteiger partial charge in [-0.1, -0.05) is 13.3 Å². The number of rotatable bonds is 4. The maximum atomic E-state index is 13.7. The van der Waals surface area contributed by atoms with E-state index >= 15 is 0 Å². The summed E-state index contributed by atoms with van der Waals surface area (Å²) < 4.78 is 18.6. The average Bonchev–Trinajstić information content (AvgIpc) is 2.37. The molecule has 1 heterocycles. The highest BCUT2D eigenvalue weighted by Crippen LogP contribution is 2.29. The highest BCUT2D eigenvalue weighted by molar-refractivity contribution is 5.92. The van der Waals surface area contributed by atoms with Gasteiger partial charge in [0.1, 0.15) is 0 Å². The van der Waals surface area contributed by atoms with Gasteiger partial charge in [0.15, 0.2) is 11.6 Å². The lowest BCUT2D eigenvalue weighted by molar-refractivity contribution is 0.387. The number of benzene rings is 1. The summed E-state index contributed by atoms with van der Waals surface area (Å²) >= 11 is 0. The minimum absolute atomic E-state index is 0.184. The molecule has 0 saturated carbocycles. The number of nitrogen functional groups attached to an aromatic ring is 1. The van der Waals surface area contributed by atoms with E-state index in [-0.39, 0.29) is 5.75 Å². The van der Waals surface area contributed by atoms with E-state index in [9.17, 15) is 4.39 Å². The Morgan fingerprint density at radius 2 is 2.17 bits per heavy atom. The van der Waals surface area contributed by atoms with E-state index < -0.39 is 5.82 Å². The van der Waals surface area contributed by atoms with Crippen molar-refractivity contribution in [2.24, 2.45) is 5.84 Å². The SMILES string of the molecule is CCCc1cc(NN)c2cc(OC)c(F)cc2n1. The molecule has 1 aromatic heterocycles. The minimum Gasteiger partial charge on any atom is -0.494 e. The van der Waals surface area contributed by atoms with Crippen molar-refractivity contribution in [3.8, 4) is 5.75 Å². The third kappa shape index (κ3) is 2.22. The van der Waals surface area contributed by atoms with Crippen molar-refractivity contribution >= 4 is 16.6 Å². The van der Waals surface area contributed by atoms with Crippen LogP contribution >= 0.6 is 0 Å². The first-order chi connectivity index (χ1) is 8.69. The van der Waals surface area contributed by atoms with Crippen LogP contribution < -0.4 is 16.0 Å². The number of anilines is 1. The number of halogens is 1. The van der Waals surface area contributed by atoms with Crippen LogP contribution in [0.3, 0.4) is 0 Å². The van der Waals surface area contributed by atoms with Crippen molar-refractivity contribution in [2.75, 3.05) is 12.5 Å². The minimum atomic E-state index is -0.422. The van der Waals surface area contributed by atoms with Crippen molar-refractivity contribution in [2.45, 2.75) is 19.8 Å². The van der Waals surface area contributed by atoms with Gasteiger partial charge in [-0.15, -0.1) is 0 Å². The van der Waals surface area contributed by atoms with E-state index in [0.29, 0.717) is 5.52 Å². The van der Waals surface area contributed by atoms with Gasteiger partial charge in [0.05, 0.1) is 18.3 Å². The quantitative estimate of drug-likeness (QED) is 0.646. The predicted octanol–water partition coefficient (Wildman–Crippen LogP) is 2.62. The van der Waals surface area contributed by atoms with E-state index in [1.807, 2.05) is 6.07 Å². The van der Waals surface area contributed by atoms with E-state index in [2.05, 4.69) is 17.3 Å². The number of ether oxygens (including phenoxy) is 1. The first-order valence-corrected chi connectivity index (χ1v) is 5.83. The first-order valence-electron chi connectivity index (χ1n) is 5.83. The summed E-state index contributed by atoms with van der Waals surface area (Å²) in [5.74, 6) is 5.26. The normalized spacial score (nSPS) is 10.7. The number of pyridine rings is 1. The van der Waals surface area contributed by atoms with E-state index in [1.165, 1.54) is 13.2 Å². The van der Waals surface area contributed by atoms with Crippen LogP contribution in [0, 0.1) is 5.82 Å². The second-order valence-corrected chi connectivity index (χ2v) is 4.06. The van der Waals surface area contributed by atoms with Gasteiger partial charge in [0.2, 0.25) is 0 Å². The Bertz CT molecular complexity index is 572. The second-order valence-electron chi connectivity index (χ2n) is 4.06. The molecule has 0 aliphatic carbocycles. The number of aromatic nitrogens is 1. The number of nitrogens with zero attached hydrogens (tertiary/aromatic N) is 1. The molecule has 5 heteroatoms. The first kappa shape index (κ1) is 12.6. The Morgan fingerprint density at radius 1 is 1.39 bits per heavy atom. The van der Waals surface area contributed by atoms with Crippen LogP contribution in [0.1, 0.15) is 19.0 Å². The number of methoxy groups -OCH3 is 1. The summed E-state index contributed by atoms with van der Waals surface area (Å²) in [7, 11) is 1.43. The van der Waals surface area contributed by atoms with Gasteiger partial charge >= 0.3 is 0 Å². The van der Waals surface area contributed by atoms with Crippen LogP contribution in [0.2, 0.25) is 0 Å². The third-order valence-electron chi connectivity index (χ3n) is 2.80. The molecule has 0 saturated heterocycles. The molecule has 96 valence electrons. The Balaban J connectivity index is 2.67. The fourth-order valence-corrected chi connectivity index (χ4v) is 1.94. The molecule has 0 bridgehead atoms. The molecule has 0 aliphatic rings. The molecule has 0 aliphatic heterocycles. The predicted molar refractivity (Wildman–Crippen MR) is 70.1 cm³/mol. The fraction of sp³-hybridized carbons (Fsp3) is 0.308. The molecule has 0 unspecified atom stereocenters. The zero-order chi connectivity index (χ0) is 13.1. The van der Waals surface area contributed by atoms with E-state index in [1.54, 1.807) is 6.07 Å². The van der Waals surface area contributed by atoms with Gasteiger partial charge in [-0.3, -0.25) is 10.8 Å². The molecular formula is C13H16FN3O. The van der Waals surface area contributed by atoms with E-state index in [4.69, 9.17) is 10.6 Å². The zero-order valence-corrected chi connectivity index (χ0v) is 10.5. The number of hydrazine groups is 1. The summed E-state index contributed by atoms with van der Waals surface area (Å²) in [5.41, 5.74) is 4.81. The lowest BCUT2D eigenvalue weighted by Gasteiger charge is -2.10. The second kappa shape index (κ2) is 5.18. The molecule has 0 radical (unpaired) electrons. The van der Waals surface area contributed by atoms with Gasteiger partial charge in [-0.05, 0) is 18.6 Å². The molecule has 0 fully saturated rings. The van der Waals surface area contributed by atoms with Crippen LogP contribution in [0.15, 0.2) is 18.2 Å². The number of aryl methyl sites for hydroxylation is 1. The molecule has 0 spiro atoms. The van der Waals surface area contributed by atoms with Crippen molar-refractivity contribution in [1.29, 1.82) is 0 Å². The summed E-state index contributed by atoms with van der Waals surface area (Å²) in [5, 5.41) is 0.746. The number of nitrogens with two attached hydrogens (primary N) is 1. The standard InChI is InChI=1S/C13H16FN3O/c1-3-4-8-5-12(17-15)9-6-13(18-2)10(14)7-11(9)16-8/h5-7H,3-4,15H2,1-2H3,(H,16,17). The summed E-state index contributed by atoms with van der Waals surface area (Å²) in [4.78, 5) is 4.42. The lowest BCUT2D eigenvalue weighted by atomic mass is 10.1. The monoisotopic (exact) mass is 249 g/mol. The topological polar surface area (TPSA) is 60.2 Å². The Morgan fingerprint density at radius 3 is 2.78 bits per heavy atom. The molecule has 2 aromatic rings. The molecule has 18 heavy (non-hydrogen) atoms. The van der Waals surface area contributed by atoms with Crippen LogP contribution in [-0.4, -0.2) is 12.1 Å². The largest absolute Gasteiger partial charge is 0.494 e. The molecule has 0 atom stereocenters. The summed E-state index contributed by atoms with van der Waals surface area (Å²) in [6.45, 7) is 2.07. The summed E-state index contributed by atoms with van der Waals surface area (Å²) in [6, 6.07) is 4.85. The van der Waals surface area contributed by atoms with Crippen molar-refractivity contribution in [3.05, 3.63) is 29.7 Å². The molecule has 2 rings (SSSR count). The van der Waals surface area contributed by atoms with Gasteiger partial charge in [0, 0.05) is 17.1 Å². The summed E-state index contributed by atoms with van der Waals surface area (Å²) in [6.07, 6.45) is 1.80. The van der Waals surface area contributed by atoms with Crippen molar-refractivity contribution < 1.29 is 9.13 Å². The third-order valence-corrected chi connectivity index (χ3v) is 2.80. The van der Waals surface area contributed by atoms with Gasteiger partial charge in [-0.25, -0.2) is 4.39 Å². The molecular weight excluding hydrogens is 233 g/mol. The van der Waals surface area contributed by atoms with Gasteiger partial charge in [-0.2, -0.15) is 0 Å². The highest BCUT2D eigenvalue weighted by Gasteiger charge is 2.10. The van der Waals surface area contributed by atoms with Crippen molar-refractivity contribution in [1.82, 2.24) is 4.98 Å². The van der Waals surface area contributed by atoms with Crippen molar-refractivity contribution in [3.63, 3.8) is 0 Å². The maximum absolute atomic E-state index is 13.7. The maximum Gasteiger partial charge on any atom is 0.167 e. The van der Waals surface area contributed by atoms with Crippen LogP contribution in [-0.2, 0) is 6.42 Å².